The van der Waals surface area contributed by atoms with Gasteiger partial charge in [0, 0.05) is 15.7 Å². The molecular weight excluding hydrogens is 416 g/mol. The van der Waals surface area contributed by atoms with Crippen LogP contribution in [-0.2, 0) is 12.8 Å². The van der Waals surface area contributed by atoms with E-state index in [2.05, 4.69) is 31.3 Å². The zero-order valence-corrected chi connectivity index (χ0v) is 16.2. The molecule has 1 aliphatic carbocycles. The first kappa shape index (κ1) is 17.2. The van der Waals surface area contributed by atoms with E-state index in [-0.39, 0.29) is 5.91 Å². The summed E-state index contributed by atoms with van der Waals surface area (Å²) in [5.74, 6) is -0.221. The van der Waals surface area contributed by atoms with Gasteiger partial charge in [-0.2, -0.15) is 5.10 Å². The van der Waals surface area contributed by atoms with E-state index in [1.807, 2.05) is 28.9 Å². The van der Waals surface area contributed by atoms with Gasteiger partial charge in [0.1, 0.15) is 5.15 Å². The number of benzene rings is 1. The fraction of sp³-hybridized carbons (Fsp3) is 0.211. The molecule has 3 aromatic rings. The van der Waals surface area contributed by atoms with Gasteiger partial charge in [-0.25, -0.2) is 9.67 Å². The Morgan fingerprint density at radius 2 is 2.04 bits per heavy atom. The molecule has 2 heterocycles. The van der Waals surface area contributed by atoms with Gasteiger partial charge in [0.15, 0.2) is 5.69 Å². The summed E-state index contributed by atoms with van der Waals surface area (Å²) in [6, 6.07) is 11.3. The average Bonchev–Trinajstić information content (AvgIpc) is 3.03. The molecule has 0 radical (unpaired) electrons. The normalized spacial score (nSPS) is 13.3. The predicted molar refractivity (Wildman–Crippen MR) is 105 cm³/mol. The third kappa shape index (κ3) is 3.39. The summed E-state index contributed by atoms with van der Waals surface area (Å²) in [4.78, 5) is 16.8. The van der Waals surface area contributed by atoms with Crippen molar-refractivity contribution in [3.63, 3.8) is 0 Å². The second-order valence-electron chi connectivity index (χ2n) is 6.20. The number of rotatable bonds is 3. The smallest absolute Gasteiger partial charge is 0.276 e. The van der Waals surface area contributed by atoms with Gasteiger partial charge in [-0.05, 0) is 56.0 Å². The van der Waals surface area contributed by atoms with Gasteiger partial charge in [0.2, 0.25) is 0 Å². The van der Waals surface area contributed by atoms with Crippen LogP contribution >= 0.6 is 27.5 Å². The lowest BCUT2D eigenvalue weighted by atomic mass is 9.95. The summed E-state index contributed by atoms with van der Waals surface area (Å²) >= 11 is 9.30. The maximum Gasteiger partial charge on any atom is 0.276 e. The Morgan fingerprint density at radius 1 is 1.19 bits per heavy atom. The largest absolute Gasteiger partial charge is 0.319 e. The van der Waals surface area contributed by atoms with Crippen LogP contribution in [0.1, 0.15) is 34.6 Å². The molecule has 1 amide bonds. The van der Waals surface area contributed by atoms with Crippen molar-refractivity contribution in [2.45, 2.75) is 25.7 Å². The number of pyridine rings is 1. The number of aromatic nitrogens is 3. The Balaban J connectivity index is 1.72. The highest BCUT2D eigenvalue weighted by Gasteiger charge is 2.25. The van der Waals surface area contributed by atoms with E-state index in [9.17, 15) is 4.79 Å². The monoisotopic (exact) mass is 430 g/mol. The van der Waals surface area contributed by atoms with Crippen LogP contribution in [0.3, 0.4) is 0 Å². The Labute approximate surface area is 164 Å². The number of carbonyl (C=O) groups is 1. The fourth-order valence-corrected chi connectivity index (χ4v) is 3.74. The molecule has 0 unspecified atom stereocenters. The quantitative estimate of drug-likeness (QED) is 0.605. The molecule has 4 rings (SSSR count). The van der Waals surface area contributed by atoms with Gasteiger partial charge in [0.05, 0.1) is 17.6 Å². The van der Waals surface area contributed by atoms with Crippen LogP contribution in [0.25, 0.3) is 5.69 Å². The lowest BCUT2D eigenvalue weighted by Crippen LogP contribution is -2.15. The summed E-state index contributed by atoms with van der Waals surface area (Å²) < 4.78 is 2.88. The van der Waals surface area contributed by atoms with E-state index in [0.29, 0.717) is 16.5 Å². The van der Waals surface area contributed by atoms with E-state index >= 15 is 0 Å². The number of hydrogen-bond acceptors (Lipinski definition) is 3. The van der Waals surface area contributed by atoms with Crippen molar-refractivity contribution in [1.82, 2.24) is 14.8 Å². The highest BCUT2D eigenvalue weighted by molar-refractivity contribution is 9.10. The molecule has 132 valence electrons. The van der Waals surface area contributed by atoms with Crippen LogP contribution in [0.2, 0.25) is 5.15 Å². The highest BCUT2D eigenvalue weighted by Crippen LogP contribution is 2.28. The number of hydrogen-bond donors (Lipinski definition) is 1. The lowest BCUT2D eigenvalue weighted by molar-refractivity contribution is 0.102. The third-order valence-corrected chi connectivity index (χ3v) is 5.15. The van der Waals surface area contributed by atoms with Crippen molar-refractivity contribution >= 4 is 39.1 Å². The van der Waals surface area contributed by atoms with E-state index in [4.69, 9.17) is 11.6 Å². The molecule has 5 nitrogen and oxygen atoms in total. The molecular formula is C19H16BrClN4O. The molecule has 1 aromatic carbocycles. The van der Waals surface area contributed by atoms with Crippen LogP contribution in [0.15, 0.2) is 47.1 Å². The Bertz CT molecular complexity index is 968. The molecule has 0 fully saturated rings. The maximum atomic E-state index is 12.8. The molecule has 0 spiro atoms. The maximum absolute atomic E-state index is 12.8. The minimum absolute atomic E-state index is 0.221. The van der Waals surface area contributed by atoms with Crippen LogP contribution in [-0.4, -0.2) is 20.7 Å². The third-order valence-electron chi connectivity index (χ3n) is 4.43. The highest BCUT2D eigenvalue weighted by atomic mass is 79.9. The summed E-state index contributed by atoms with van der Waals surface area (Å²) in [6.07, 6.45) is 5.50. The average molecular weight is 432 g/mol. The van der Waals surface area contributed by atoms with Crippen molar-refractivity contribution in [3.05, 3.63) is 69.2 Å². The Morgan fingerprint density at radius 3 is 2.81 bits per heavy atom. The number of carbonyl (C=O) groups excluding carboxylic acids is 1. The van der Waals surface area contributed by atoms with Crippen LogP contribution in [0.4, 0.5) is 5.69 Å². The molecule has 2 aromatic heterocycles. The van der Waals surface area contributed by atoms with Gasteiger partial charge in [-0.3, -0.25) is 4.79 Å². The first-order valence-electron chi connectivity index (χ1n) is 8.41. The van der Waals surface area contributed by atoms with Gasteiger partial charge >= 0.3 is 0 Å². The minimum Gasteiger partial charge on any atom is -0.319 e. The van der Waals surface area contributed by atoms with Crippen molar-refractivity contribution in [3.8, 4) is 5.69 Å². The van der Waals surface area contributed by atoms with E-state index in [1.165, 1.54) is 6.20 Å². The predicted octanol–water partition coefficient (Wildman–Crippen LogP) is 4.81. The minimum atomic E-state index is -0.221. The molecule has 1 aliphatic rings. The van der Waals surface area contributed by atoms with Gasteiger partial charge in [-0.1, -0.05) is 33.6 Å². The second-order valence-corrected chi connectivity index (χ2v) is 7.50. The first-order valence-corrected chi connectivity index (χ1v) is 9.58. The number of amides is 1. The van der Waals surface area contributed by atoms with Crippen LogP contribution in [0.5, 0.6) is 0 Å². The van der Waals surface area contributed by atoms with E-state index in [1.54, 1.807) is 12.1 Å². The zero-order valence-electron chi connectivity index (χ0n) is 13.9. The van der Waals surface area contributed by atoms with E-state index < -0.39 is 0 Å². The van der Waals surface area contributed by atoms with Gasteiger partial charge in [0.25, 0.3) is 5.91 Å². The van der Waals surface area contributed by atoms with Gasteiger partial charge < -0.3 is 5.32 Å². The molecule has 0 aliphatic heterocycles. The van der Waals surface area contributed by atoms with Crippen LogP contribution < -0.4 is 5.32 Å². The number of nitrogens with zero attached hydrogens (tertiary/aromatic N) is 3. The summed E-state index contributed by atoms with van der Waals surface area (Å²) in [5, 5.41) is 7.91. The molecule has 1 N–H and O–H groups in total. The molecule has 26 heavy (non-hydrogen) atoms. The SMILES string of the molecule is O=C(Nc1ccc(Cl)nc1)c1nn(-c2cccc(Br)c2)c2c1CCCC2. The molecule has 0 saturated carbocycles. The lowest BCUT2D eigenvalue weighted by Gasteiger charge is -2.14. The summed E-state index contributed by atoms with van der Waals surface area (Å²) in [5.41, 5.74) is 4.18. The molecule has 0 atom stereocenters. The fourth-order valence-electron chi connectivity index (χ4n) is 3.24. The van der Waals surface area contributed by atoms with Gasteiger partial charge in [-0.15, -0.1) is 0 Å². The van der Waals surface area contributed by atoms with Crippen molar-refractivity contribution < 1.29 is 4.79 Å². The number of halogens is 2. The zero-order chi connectivity index (χ0) is 18.1. The molecule has 0 bridgehead atoms. The summed E-state index contributed by atoms with van der Waals surface area (Å²) in [6.45, 7) is 0. The topological polar surface area (TPSA) is 59.8 Å². The Hall–Kier alpha value is -2.18. The number of anilines is 1. The molecule has 7 heteroatoms. The van der Waals surface area contributed by atoms with Crippen molar-refractivity contribution in [1.29, 1.82) is 0 Å². The number of nitrogens with one attached hydrogen (secondary N) is 1. The van der Waals surface area contributed by atoms with Crippen molar-refractivity contribution in [2.24, 2.45) is 0 Å². The first-order chi connectivity index (χ1) is 12.6. The second kappa shape index (κ2) is 7.21. The Kier molecular flexibility index (Phi) is 4.78. The number of fused-ring (bicyclic) bond motifs is 1. The van der Waals surface area contributed by atoms with E-state index in [0.717, 1.165) is 47.1 Å². The standard InChI is InChI=1S/C19H16BrClN4O/c20-12-4-3-5-14(10-12)25-16-7-2-1-6-15(16)18(24-25)19(26)23-13-8-9-17(21)22-11-13/h3-5,8-11H,1-2,6-7H2,(H,23,26). The van der Waals surface area contributed by atoms with Crippen molar-refractivity contribution in [2.75, 3.05) is 5.32 Å². The summed E-state index contributed by atoms with van der Waals surface area (Å²) in [7, 11) is 0. The van der Waals surface area contributed by atoms with Crippen LogP contribution in [0, 0.1) is 0 Å². The molecule has 0 saturated heterocycles.